The number of carbonyl (C=O) groups excluding carboxylic acids is 3. The molecule has 0 saturated heterocycles. The summed E-state index contributed by atoms with van der Waals surface area (Å²) in [5.41, 5.74) is 0. The molecule has 0 aliphatic heterocycles. The molecule has 0 aliphatic carbocycles. The molecule has 0 atom stereocenters. The van der Waals surface area contributed by atoms with Crippen molar-refractivity contribution >= 4 is 17.7 Å². The van der Waals surface area contributed by atoms with Crippen LogP contribution in [0.5, 0.6) is 0 Å². The van der Waals surface area contributed by atoms with Crippen molar-refractivity contribution in [1.29, 1.82) is 0 Å². The molecule has 0 N–H and O–H groups in total. The molecule has 0 aliphatic rings. The minimum absolute atomic E-state index is 0.0113. The van der Waals surface area contributed by atoms with Gasteiger partial charge in [0.1, 0.15) is 0 Å². The molecular weight excluding hydrogens is 560 g/mol. The van der Waals surface area contributed by atoms with Crippen LogP contribution in [0.15, 0.2) is 97.2 Å². The number of rotatable bonds is 28. The van der Waals surface area contributed by atoms with Crippen LogP contribution < -0.4 is 0 Å². The maximum atomic E-state index is 11.9. The zero-order valence-corrected chi connectivity index (χ0v) is 28.2. The first kappa shape index (κ1) is 41.5. The Bertz CT molecular complexity index is 975. The molecule has 45 heavy (non-hydrogen) atoms. The summed E-state index contributed by atoms with van der Waals surface area (Å²) in [7, 11) is 0. The van der Waals surface area contributed by atoms with E-state index in [9.17, 15) is 14.4 Å². The highest BCUT2D eigenvalue weighted by atomic mass is 17.2. The Morgan fingerprint density at radius 2 is 0.756 bits per heavy atom. The van der Waals surface area contributed by atoms with Crippen molar-refractivity contribution in [3.05, 3.63) is 97.2 Å². The monoisotopic (exact) mass is 620 g/mol. The number of unbranched alkanes of at least 4 members (excludes halogenated alkanes) is 7. The molecule has 250 valence electrons. The second-order valence-corrected chi connectivity index (χ2v) is 10.9. The van der Waals surface area contributed by atoms with Crippen LogP contribution in [0.2, 0.25) is 0 Å². The van der Waals surface area contributed by atoms with Crippen molar-refractivity contribution in [3.63, 3.8) is 0 Å². The van der Waals surface area contributed by atoms with Crippen LogP contribution in [-0.4, -0.2) is 17.7 Å². The minimum Gasteiger partial charge on any atom is -0.287 e. The molecule has 0 saturated carbocycles. The standard InChI is InChI=1S/C40H60O5/c1-3-5-7-9-11-13-15-17-19-21-23-25-27-29-31-33-35-37-39(42)44-45-40(43)38(41)36-34-32-30-28-26-24-22-20-18-16-14-12-10-8-6-4-2/h11-14,17-20,23-26,29-32H,3-10,15-16,21-22,27-28,33-37H2,1-2H3/b13-11-,14-12-,19-17-,20-18-,25-23-,26-24-,31-29-,32-30-. The summed E-state index contributed by atoms with van der Waals surface area (Å²) in [4.78, 5) is 44.3. The summed E-state index contributed by atoms with van der Waals surface area (Å²) in [5, 5.41) is 0. The van der Waals surface area contributed by atoms with E-state index in [1.54, 1.807) is 0 Å². The first-order valence-electron chi connectivity index (χ1n) is 17.3. The first-order valence-corrected chi connectivity index (χ1v) is 17.3. The van der Waals surface area contributed by atoms with Crippen molar-refractivity contribution in [1.82, 2.24) is 0 Å². The maximum absolute atomic E-state index is 11.9. The number of hydrogen-bond acceptors (Lipinski definition) is 5. The fourth-order valence-electron chi connectivity index (χ4n) is 3.98. The first-order chi connectivity index (χ1) is 22.1. The largest absolute Gasteiger partial charge is 0.421 e. The van der Waals surface area contributed by atoms with Gasteiger partial charge in [0.15, 0.2) is 0 Å². The van der Waals surface area contributed by atoms with E-state index >= 15 is 0 Å². The van der Waals surface area contributed by atoms with E-state index in [0.717, 1.165) is 44.9 Å². The highest BCUT2D eigenvalue weighted by Crippen LogP contribution is 2.04. The Balaban J connectivity index is 3.75. The lowest BCUT2D eigenvalue weighted by Crippen LogP contribution is -2.19. The van der Waals surface area contributed by atoms with Crippen molar-refractivity contribution in [2.45, 2.75) is 136 Å². The van der Waals surface area contributed by atoms with Crippen molar-refractivity contribution in [2.75, 3.05) is 0 Å². The van der Waals surface area contributed by atoms with Gasteiger partial charge in [-0.05, 0) is 83.5 Å². The van der Waals surface area contributed by atoms with Gasteiger partial charge in [0.25, 0.3) is 0 Å². The lowest BCUT2D eigenvalue weighted by atomic mass is 10.2. The van der Waals surface area contributed by atoms with E-state index in [0.29, 0.717) is 12.8 Å². The van der Waals surface area contributed by atoms with Crippen LogP contribution in [-0.2, 0) is 24.2 Å². The van der Waals surface area contributed by atoms with E-state index in [2.05, 4.69) is 103 Å². The maximum Gasteiger partial charge on any atom is 0.421 e. The van der Waals surface area contributed by atoms with Crippen molar-refractivity contribution in [3.8, 4) is 0 Å². The van der Waals surface area contributed by atoms with Crippen LogP contribution in [0.4, 0.5) is 0 Å². The second-order valence-electron chi connectivity index (χ2n) is 10.9. The molecule has 0 spiro atoms. The summed E-state index contributed by atoms with van der Waals surface area (Å²) in [5.74, 6) is -2.51. The number of Topliss-reactive ketones (excluding diaryl/α,β-unsaturated/α-hetero) is 1. The number of carbonyl (C=O) groups is 3. The molecule has 0 bridgehead atoms. The SMILES string of the molecule is CCCCC/C=C\C/C=C\C/C=C\C/C=C\CCCC(=O)OOC(=O)C(=O)CC/C=C\C/C=C\C/C=C\C/C=C\CCCCC. The smallest absolute Gasteiger partial charge is 0.287 e. The van der Waals surface area contributed by atoms with Crippen LogP contribution in [0.3, 0.4) is 0 Å². The predicted octanol–water partition coefficient (Wildman–Crippen LogP) is 11.5. The van der Waals surface area contributed by atoms with E-state index in [4.69, 9.17) is 0 Å². The van der Waals surface area contributed by atoms with Gasteiger partial charge in [-0.25, -0.2) is 19.4 Å². The van der Waals surface area contributed by atoms with Gasteiger partial charge < -0.3 is 0 Å². The number of hydrogen-bond donors (Lipinski definition) is 0. The van der Waals surface area contributed by atoms with E-state index in [1.807, 2.05) is 18.2 Å². The normalized spacial score (nSPS) is 12.6. The van der Waals surface area contributed by atoms with Crippen LogP contribution in [0.1, 0.15) is 136 Å². The highest BCUT2D eigenvalue weighted by molar-refractivity contribution is 6.33. The lowest BCUT2D eigenvalue weighted by molar-refractivity contribution is -0.256. The Kier molecular flexibility index (Phi) is 32.3. The van der Waals surface area contributed by atoms with Crippen LogP contribution >= 0.6 is 0 Å². The van der Waals surface area contributed by atoms with Gasteiger partial charge in [-0.15, -0.1) is 0 Å². The summed E-state index contributed by atoms with van der Waals surface area (Å²) >= 11 is 0. The fraction of sp³-hybridized carbons (Fsp3) is 0.525. The third-order valence-corrected chi connectivity index (χ3v) is 6.64. The van der Waals surface area contributed by atoms with Crippen LogP contribution in [0, 0.1) is 0 Å². The Morgan fingerprint density at radius 1 is 0.400 bits per heavy atom. The fourth-order valence-corrected chi connectivity index (χ4v) is 3.98. The van der Waals surface area contributed by atoms with E-state index < -0.39 is 17.7 Å². The molecule has 0 aromatic heterocycles. The quantitative estimate of drug-likeness (QED) is 0.0286. The summed E-state index contributed by atoms with van der Waals surface area (Å²) in [6, 6.07) is 0. The zero-order valence-electron chi connectivity index (χ0n) is 28.2. The van der Waals surface area contributed by atoms with Gasteiger partial charge in [0.2, 0.25) is 5.78 Å². The molecule has 0 rings (SSSR count). The van der Waals surface area contributed by atoms with Crippen molar-refractivity contribution in [2.24, 2.45) is 0 Å². The molecule has 5 heteroatoms. The van der Waals surface area contributed by atoms with Crippen molar-refractivity contribution < 1.29 is 24.2 Å². The van der Waals surface area contributed by atoms with Gasteiger partial charge in [-0.1, -0.05) is 137 Å². The topological polar surface area (TPSA) is 69.7 Å². The summed E-state index contributed by atoms with van der Waals surface area (Å²) in [6.07, 6.45) is 51.3. The van der Waals surface area contributed by atoms with Gasteiger partial charge in [0, 0.05) is 6.42 Å². The molecule has 0 fully saturated rings. The third kappa shape index (κ3) is 33.3. The molecule has 0 unspecified atom stereocenters. The summed E-state index contributed by atoms with van der Waals surface area (Å²) < 4.78 is 0. The predicted molar refractivity (Wildman–Crippen MR) is 189 cm³/mol. The summed E-state index contributed by atoms with van der Waals surface area (Å²) in [6.45, 7) is 4.44. The highest BCUT2D eigenvalue weighted by Gasteiger charge is 2.17. The molecule has 0 amide bonds. The minimum atomic E-state index is -1.14. The average Bonchev–Trinajstić information content (AvgIpc) is 3.04. The Morgan fingerprint density at radius 3 is 1.16 bits per heavy atom. The van der Waals surface area contributed by atoms with Crippen LogP contribution in [0.25, 0.3) is 0 Å². The molecule has 0 heterocycles. The van der Waals surface area contributed by atoms with E-state index in [1.165, 1.54) is 51.4 Å². The zero-order chi connectivity index (χ0) is 32.9. The molecule has 0 radical (unpaired) electrons. The second kappa shape index (κ2) is 35.0. The molecule has 0 aromatic carbocycles. The van der Waals surface area contributed by atoms with Gasteiger partial charge in [-0.2, -0.15) is 0 Å². The average molecular weight is 621 g/mol. The Hall–Kier alpha value is -3.47. The lowest BCUT2D eigenvalue weighted by Gasteiger charge is -2.01. The Labute approximate surface area is 274 Å². The van der Waals surface area contributed by atoms with E-state index in [-0.39, 0.29) is 12.8 Å². The molecule has 5 nitrogen and oxygen atoms in total. The number of ketones is 1. The van der Waals surface area contributed by atoms with Gasteiger partial charge >= 0.3 is 11.9 Å². The van der Waals surface area contributed by atoms with Gasteiger partial charge in [0.05, 0.1) is 6.42 Å². The van der Waals surface area contributed by atoms with Gasteiger partial charge in [-0.3, -0.25) is 4.79 Å². The molecule has 0 aromatic rings. The molecular formula is C40H60O5. The number of allylic oxidation sites excluding steroid dienone is 16. The third-order valence-electron chi connectivity index (χ3n) is 6.64.